The number of rotatable bonds is 8. The number of benzene rings is 1. The zero-order valence-electron chi connectivity index (χ0n) is 24.1. The van der Waals surface area contributed by atoms with E-state index >= 15 is 0 Å². The van der Waals surface area contributed by atoms with Crippen LogP contribution >= 0.6 is 23.2 Å². The summed E-state index contributed by atoms with van der Waals surface area (Å²) in [7, 11) is 3.06. The van der Waals surface area contributed by atoms with Crippen LogP contribution in [0.4, 0.5) is 11.6 Å². The van der Waals surface area contributed by atoms with Crippen molar-refractivity contribution in [2.24, 2.45) is 5.41 Å². The summed E-state index contributed by atoms with van der Waals surface area (Å²) in [5.41, 5.74) is 1.25. The van der Waals surface area contributed by atoms with E-state index in [4.69, 9.17) is 52.1 Å². The first-order chi connectivity index (χ1) is 20.8. The smallest absolute Gasteiger partial charge is 0.243 e. The minimum Gasteiger partial charge on any atom is -0.495 e. The Bertz CT molecular complexity index is 1510. The van der Waals surface area contributed by atoms with Crippen LogP contribution in [0.1, 0.15) is 19.3 Å². The van der Waals surface area contributed by atoms with Gasteiger partial charge in [-0.05, 0) is 31.4 Å². The summed E-state index contributed by atoms with van der Waals surface area (Å²) in [6.45, 7) is 7.79. The van der Waals surface area contributed by atoms with Gasteiger partial charge in [-0.3, -0.25) is 4.79 Å². The lowest BCUT2D eigenvalue weighted by Crippen LogP contribution is -2.59. The van der Waals surface area contributed by atoms with Gasteiger partial charge in [0, 0.05) is 49.8 Å². The average Bonchev–Trinajstić information content (AvgIpc) is 3.01. The standard InChI is InChI=1S/C30H34Cl2N6O5/c1-4-24(39)35-18-5-8-43-14-20(18)34-23-11-17-19(13-33-23)36-28(25-26(31)21(40-2)12-22(41-3)27(25)32)37-29(17)38-15-30(16-38)6-9-42-10-7-30/h4,11-13,18,20H,1,5-10,14-16H2,2-3H3,(H,33,34)(H,35,39)/t18-,20+/m0/s1. The van der Waals surface area contributed by atoms with Gasteiger partial charge in [-0.2, -0.15) is 0 Å². The SMILES string of the molecule is C=CC(=O)N[C@H]1CCOC[C@H]1Nc1cc2c(N3CC4(CCOCC4)C3)nc(-c3c(Cl)c(OC)cc(OC)c3Cl)nc2cn1. The van der Waals surface area contributed by atoms with Crippen molar-refractivity contribution in [3.63, 3.8) is 0 Å². The topological polar surface area (TPSA) is 120 Å². The largest absolute Gasteiger partial charge is 0.495 e. The number of ether oxygens (including phenoxy) is 4. The molecule has 0 saturated carbocycles. The van der Waals surface area contributed by atoms with E-state index in [1.165, 1.54) is 20.3 Å². The Labute approximate surface area is 259 Å². The molecule has 3 aliphatic rings. The van der Waals surface area contributed by atoms with Gasteiger partial charge < -0.3 is 34.5 Å². The number of hydrogen-bond acceptors (Lipinski definition) is 10. The van der Waals surface area contributed by atoms with Gasteiger partial charge >= 0.3 is 0 Å². The number of nitrogens with zero attached hydrogens (tertiary/aromatic N) is 4. The summed E-state index contributed by atoms with van der Waals surface area (Å²) in [5.74, 6) is 2.31. The maximum atomic E-state index is 12.0. The number of fused-ring (bicyclic) bond motifs is 1. The fourth-order valence-electron chi connectivity index (χ4n) is 6.05. The van der Waals surface area contributed by atoms with E-state index in [1.807, 2.05) is 6.07 Å². The molecule has 0 radical (unpaired) electrons. The Morgan fingerprint density at radius 1 is 1.07 bits per heavy atom. The summed E-state index contributed by atoms with van der Waals surface area (Å²) < 4.78 is 22.3. The van der Waals surface area contributed by atoms with E-state index in [0.717, 1.165) is 50.3 Å². The number of halogens is 2. The summed E-state index contributed by atoms with van der Waals surface area (Å²) in [4.78, 5) is 28.9. The molecule has 228 valence electrons. The van der Waals surface area contributed by atoms with Crippen LogP contribution in [0.25, 0.3) is 22.3 Å². The summed E-state index contributed by atoms with van der Waals surface area (Å²) >= 11 is 13.5. The first-order valence-electron chi connectivity index (χ1n) is 14.2. The van der Waals surface area contributed by atoms with Gasteiger partial charge in [-0.15, -0.1) is 0 Å². The number of anilines is 2. The van der Waals surface area contributed by atoms with Crippen molar-refractivity contribution >= 4 is 51.6 Å². The number of amides is 1. The summed E-state index contributed by atoms with van der Waals surface area (Å²) in [6, 6.07) is 3.27. The third kappa shape index (κ3) is 5.78. The predicted molar refractivity (Wildman–Crippen MR) is 166 cm³/mol. The van der Waals surface area contributed by atoms with Gasteiger partial charge in [0.1, 0.15) is 23.1 Å². The highest BCUT2D eigenvalue weighted by Gasteiger charge is 2.45. The molecule has 6 rings (SSSR count). The number of pyridine rings is 1. The van der Waals surface area contributed by atoms with Crippen LogP contribution in [-0.2, 0) is 14.3 Å². The van der Waals surface area contributed by atoms with Crippen LogP contribution < -0.4 is 25.0 Å². The van der Waals surface area contributed by atoms with Crippen LogP contribution in [0.5, 0.6) is 11.5 Å². The summed E-state index contributed by atoms with van der Waals surface area (Å²) in [6.07, 6.45) is 5.68. The Morgan fingerprint density at radius 2 is 1.79 bits per heavy atom. The van der Waals surface area contributed by atoms with E-state index in [0.29, 0.717) is 63.9 Å². The Hall–Kier alpha value is -3.38. The second kappa shape index (κ2) is 12.3. The van der Waals surface area contributed by atoms with Crippen molar-refractivity contribution in [3.8, 4) is 22.9 Å². The molecule has 3 saturated heterocycles. The quantitative estimate of drug-likeness (QED) is 0.345. The molecule has 13 heteroatoms. The van der Waals surface area contributed by atoms with E-state index in [9.17, 15) is 4.79 Å². The van der Waals surface area contributed by atoms with Crippen molar-refractivity contribution in [3.05, 3.63) is 41.0 Å². The molecule has 5 heterocycles. The number of aromatic nitrogens is 3. The average molecular weight is 630 g/mol. The maximum absolute atomic E-state index is 12.0. The number of carbonyl (C=O) groups is 1. The molecule has 1 aromatic carbocycles. The number of nitrogens with one attached hydrogen (secondary N) is 2. The van der Waals surface area contributed by atoms with Gasteiger partial charge in [0.05, 0.1) is 60.2 Å². The van der Waals surface area contributed by atoms with Crippen molar-refractivity contribution in [1.29, 1.82) is 0 Å². The number of methoxy groups -OCH3 is 2. The van der Waals surface area contributed by atoms with Gasteiger partial charge in [0.15, 0.2) is 5.82 Å². The Balaban J connectivity index is 1.41. The van der Waals surface area contributed by atoms with E-state index in [2.05, 4.69) is 27.1 Å². The zero-order valence-corrected chi connectivity index (χ0v) is 25.6. The monoisotopic (exact) mass is 628 g/mol. The van der Waals surface area contributed by atoms with Crippen molar-refractivity contribution < 1.29 is 23.7 Å². The molecule has 0 unspecified atom stereocenters. The highest BCUT2D eigenvalue weighted by Crippen LogP contribution is 2.47. The van der Waals surface area contributed by atoms with Crippen molar-refractivity contribution in [2.75, 3.05) is 64.0 Å². The first kappa shape index (κ1) is 29.7. The van der Waals surface area contributed by atoms with Gasteiger partial charge in [0.25, 0.3) is 0 Å². The van der Waals surface area contributed by atoms with Crippen molar-refractivity contribution in [2.45, 2.75) is 31.3 Å². The maximum Gasteiger partial charge on any atom is 0.243 e. The van der Waals surface area contributed by atoms with Gasteiger partial charge in [-0.25, -0.2) is 15.0 Å². The normalized spacial score (nSPS) is 21.3. The van der Waals surface area contributed by atoms with E-state index in [-0.39, 0.29) is 23.4 Å². The molecule has 0 bridgehead atoms. The highest BCUT2D eigenvalue weighted by molar-refractivity contribution is 6.41. The molecule has 2 N–H and O–H groups in total. The minimum atomic E-state index is -0.222. The fourth-order valence-corrected chi connectivity index (χ4v) is 6.72. The molecule has 0 aliphatic carbocycles. The van der Waals surface area contributed by atoms with Crippen molar-refractivity contribution in [1.82, 2.24) is 20.3 Å². The third-order valence-corrected chi connectivity index (χ3v) is 9.22. The van der Waals surface area contributed by atoms with Gasteiger partial charge in [-0.1, -0.05) is 29.8 Å². The minimum absolute atomic E-state index is 0.133. The van der Waals surface area contributed by atoms with Crippen LogP contribution in [0.2, 0.25) is 10.0 Å². The van der Waals surface area contributed by atoms with Crippen LogP contribution in [0, 0.1) is 5.41 Å². The van der Waals surface area contributed by atoms with Crippen LogP contribution in [0.15, 0.2) is 31.0 Å². The second-order valence-electron chi connectivity index (χ2n) is 11.1. The molecule has 11 nitrogen and oxygen atoms in total. The molecule has 2 atom stereocenters. The molecule has 3 fully saturated rings. The second-order valence-corrected chi connectivity index (χ2v) is 11.9. The lowest BCUT2D eigenvalue weighted by Gasteiger charge is -2.53. The first-order valence-corrected chi connectivity index (χ1v) is 15.0. The van der Waals surface area contributed by atoms with Crippen LogP contribution in [0.3, 0.4) is 0 Å². The van der Waals surface area contributed by atoms with E-state index in [1.54, 1.807) is 12.3 Å². The molecule has 1 amide bonds. The predicted octanol–water partition coefficient (Wildman–Crippen LogP) is 4.50. The Morgan fingerprint density at radius 3 is 2.47 bits per heavy atom. The molecule has 3 aromatic rings. The fraction of sp³-hybridized carbons (Fsp3) is 0.467. The highest BCUT2D eigenvalue weighted by atomic mass is 35.5. The number of hydrogen-bond donors (Lipinski definition) is 2. The molecule has 1 spiro atoms. The summed E-state index contributed by atoms with van der Waals surface area (Å²) in [5, 5.41) is 7.86. The molecular formula is C30H34Cl2N6O5. The molecule has 43 heavy (non-hydrogen) atoms. The lowest BCUT2D eigenvalue weighted by molar-refractivity contribution is -0.117. The van der Waals surface area contributed by atoms with E-state index < -0.39 is 0 Å². The van der Waals surface area contributed by atoms with Crippen LogP contribution in [-0.4, -0.2) is 86.7 Å². The molecule has 3 aliphatic heterocycles. The number of carbonyl (C=O) groups excluding carboxylic acids is 1. The third-order valence-electron chi connectivity index (χ3n) is 8.47. The zero-order chi connectivity index (χ0) is 30.1. The molecular weight excluding hydrogens is 595 g/mol. The van der Waals surface area contributed by atoms with Gasteiger partial charge in [0.2, 0.25) is 5.91 Å². The molecule has 2 aromatic heterocycles. The lowest BCUT2D eigenvalue weighted by atomic mass is 9.73. The Kier molecular flexibility index (Phi) is 8.50.